The zero-order chi connectivity index (χ0) is 35.7. The van der Waals surface area contributed by atoms with Crippen molar-refractivity contribution in [3.8, 4) is 0 Å². The molecule has 0 saturated carbocycles. The SMILES string of the molecule is COC(=O)C(CCC(=O)NCCOCCOCC(=O)NCCOCCOCC(N)=O)NC(=O)CCCCCCCCCCCCC(=O)O. The van der Waals surface area contributed by atoms with Gasteiger partial charge in [-0.15, -0.1) is 0 Å². The Kier molecular flexibility index (Phi) is 30.0. The molecule has 0 heterocycles. The molecule has 48 heavy (non-hydrogen) atoms. The van der Waals surface area contributed by atoms with Crippen LogP contribution >= 0.6 is 0 Å². The van der Waals surface area contributed by atoms with E-state index in [2.05, 4.69) is 16.0 Å². The number of aliphatic carboxylic acids is 1. The fourth-order valence-corrected chi connectivity index (χ4v) is 4.35. The number of carboxylic acids is 1. The minimum Gasteiger partial charge on any atom is -0.481 e. The summed E-state index contributed by atoms with van der Waals surface area (Å²) in [5, 5.41) is 16.6. The Labute approximate surface area is 283 Å². The average Bonchev–Trinajstić information content (AvgIpc) is 3.05. The minimum absolute atomic E-state index is 0.0198. The number of ether oxygens (including phenoxy) is 5. The maximum atomic E-state index is 12.4. The van der Waals surface area contributed by atoms with Crippen molar-refractivity contribution in [1.82, 2.24) is 16.0 Å². The number of nitrogens with two attached hydrogens (primary N) is 1. The molecule has 16 heteroatoms. The molecule has 0 radical (unpaired) electrons. The van der Waals surface area contributed by atoms with Crippen molar-refractivity contribution in [2.45, 2.75) is 95.9 Å². The van der Waals surface area contributed by atoms with E-state index in [9.17, 15) is 28.8 Å². The molecule has 16 nitrogen and oxygen atoms in total. The van der Waals surface area contributed by atoms with E-state index >= 15 is 0 Å². The predicted molar refractivity (Wildman–Crippen MR) is 175 cm³/mol. The number of carbonyl (C=O) groups is 6. The number of hydrogen-bond acceptors (Lipinski definition) is 11. The van der Waals surface area contributed by atoms with Gasteiger partial charge in [0.15, 0.2) is 0 Å². The number of unbranched alkanes of at least 4 members (excludes halogenated alkanes) is 9. The van der Waals surface area contributed by atoms with Gasteiger partial charge in [0, 0.05) is 32.4 Å². The second kappa shape index (κ2) is 32.2. The molecule has 0 aromatic heterocycles. The van der Waals surface area contributed by atoms with Crippen molar-refractivity contribution in [3.63, 3.8) is 0 Å². The molecule has 0 rings (SSSR count). The number of nitrogens with one attached hydrogen (secondary N) is 3. The molecule has 0 fully saturated rings. The lowest BCUT2D eigenvalue weighted by molar-refractivity contribution is -0.145. The van der Waals surface area contributed by atoms with Gasteiger partial charge in [0.05, 0.1) is 46.8 Å². The number of esters is 1. The first-order valence-corrected chi connectivity index (χ1v) is 16.9. The van der Waals surface area contributed by atoms with Gasteiger partial charge in [0.1, 0.15) is 19.3 Å². The van der Waals surface area contributed by atoms with E-state index in [1.807, 2.05) is 0 Å². The molecule has 0 aromatic carbocycles. The average molecular weight is 691 g/mol. The summed E-state index contributed by atoms with van der Waals surface area (Å²) in [5.41, 5.74) is 4.94. The monoisotopic (exact) mass is 690 g/mol. The van der Waals surface area contributed by atoms with Crippen LogP contribution in [-0.4, -0.2) is 120 Å². The molecule has 0 saturated heterocycles. The van der Waals surface area contributed by atoms with Crippen molar-refractivity contribution in [2.75, 3.05) is 73.1 Å². The van der Waals surface area contributed by atoms with E-state index in [0.717, 1.165) is 57.8 Å². The standard InChI is InChI=1S/C32H58N4O12/c1-44-32(43)26(36-29(39)12-10-8-6-4-2-3-5-7-9-11-13-31(41)42)14-15-28(38)34-16-18-45-21-23-48-25-30(40)35-17-19-46-20-22-47-24-27(33)37/h26H,2-25H2,1H3,(H2,33,37)(H,34,38)(H,35,40)(H,36,39)(H,41,42). The van der Waals surface area contributed by atoms with Crippen LogP contribution in [0.25, 0.3) is 0 Å². The molecule has 0 aromatic rings. The van der Waals surface area contributed by atoms with Gasteiger partial charge in [0.25, 0.3) is 0 Å². The highest BCUT2D eigenvalue weighted by atomic mass is 16.5. The van der Waals surface area contributed by atoms with E-state index in [4.69, 9.17) is 34.5 Å². The normalized spacial score (nSPS) is 11.4. The zero-order valence-electron chi connectivity index (χ0n) is 28.6. The lowest BCUT2D eigenvalue weighted by Crippen LogP contribution is -2.42. The van der Waals surface area contributed by atoms with Gasteiger partial charge in [0.2, 0.25) is 23.6 Å². The fraction of sp³-hybridized carbons (Fsp3) is 0.812. The van der Waals surface area contributed by atoms with Crippen LogP contribution in [0.2, 0.25) is 0 Å². The van der Waals surface area contributed by atoms with Gasteiger partial charge < -0.3 is 50.5 Å². The topological polar surface area (TPSA) is 231 Å². The Morgan fingerprint density at radius 2 is 1.06 bits per heavy atom. The largest absolute Gasteiger partial charge is 0.481 e. The third-order valence-electron chi connectivity index (χ3n) is 6.88. The molecular weight excluding hydrogens is 632 g/mol. The first kappa shape index (κ1) is 44.7. The second-order valence-corrected chi connectivity index (χ2v) is 11.1. The van der Waals surface area contributed by atoms with E-state index in [-0.39, 0.29) is 96.4 Å². The summed E-state index contributed by atoms with van der Waals surface area (Å²) in [5.74, 6) is -2.75. The third kappa shape index (κ3) is 31.3. The molecule has 0 aliphatic carbocycles. The van der Waals surface area contributed by atoms with Gasteiger partial charge in [-0.3, -0.25) is 24.0 Å². The Balaban J connectivity index is 3.79. The zero-order valence-corrected chi connectivity index (χ0v) is 28.6. The van der Waals surface area contributed by atoms with Crippen molar-refractivity contribution in [3.05, 3.63) is 0 Å². The van der Waals surface area contributed by atoms with Crippen molar-refractivity contribution in [2.24, 2.45) is 5.73 Å². The van der Waals surface area contributed by atoms with Gasteiger partial charge >= 0.3 is 11.9 Å². The van der Waals surface area contributed by atoms with E-state index < -0.39 is 23.9 Å². The lowest BCUT2D eigenvalue weighted by atomic mass is 10.0. The van der Waals surface area contributed by atoms with E-state index in [1.54, 1.807) is 0 Å². The number of methoxy groups -OCH3 is 1. The van der Waals surface area contributed by atoms with Crippen LogP contribution in [0.4, 0.5) is 0 Å². The smallest absolute Gasteiger partial charge is 0.328 e. The van der Waals surface area contributed by atoms with Crippen LogP contribution in [0.3, 0.4) is 0 Å². The molecule has 0 bridgehead atoms. The summed E-state index contributed by atoms with van der Waals surface area (Å²) < 4.78 is 25.6. The number of rotatable bonds is 34. The molecule has 278 valence electrons. The maximum Gasteiger partial charge on any atom is 0.328 e. The fourth-order valence-electron chi connectivity index (χ4n) is 4.35. The second-order valence-electron chi connectivity index (χ2n) is 11.1. The predicted octanol–water partition coefficient (Wildman–Crippen LogP) is 0.974. The minimum atomic E-state index is -0.906. The van der Waals surface area contributed by atoms with E-state index in [0.29, 0.717) is 19.4 Å². The summed E-state index contributed by atoms with van der Waals surface area (Å²) in [6, 6.07) is -0.906. The number of amides is 4. The van der Waals surface area contributed by atoms with Gasteiger partial charge in [-0.2, -0.15) is 0 Å². The lowest BCUT2D eigenvalue weighted by Gasteiger charge is -2.16. The van der Waals surface area contributed by atoms with Crippen LogP contribution < -0.4 is 21.7 Å². The van der Waals surface area contributed by atoms with Crippen molar-refractivity contribution in [1.29, 1.82) is 0 Å². The van der Waals surface area contributed by atoms with Crippen LogP contribution in [0, 0.1) is 0 Å². The van der Waals surface area contributed by atoms with Crippen LogP contribution in [0.1, 0.15) is 89.9 Å². The highest BCUT2D eigenvalue weighted by Gasteiger charge is 2.22. The summed E-state index contributed by atoms with van der Waals surface area (Å²) in [4.78, 5) is 69.4. The van der Waals surface area contributed by atoms with Crippen molar-refractivity contribution >= 4 is 35.6 Å². The molecule has 4 amide bonds. The van der Waals surface area contributed by atoms with Crippen LogP contribution in [0.15, 0.2) is 0 Å². The van der Waals surface area contributed by atoms with Crippen LogP contribution in [0.5, 0.6) is 0 Å². The van der Waals surface area contributed by atoms with E-state index in [1.165, 1.54) is 7.11 Å². The van der Waals surface area contributed by atoms with Crippen molar-refractivity contribution < 1.29 is 57.6 Å². The molecule has 0 aliphatic heterocycles. The Bertz CT molecular complexity index is 906. The Hall–Kier alpha value is -3.34. The number of carboxylic acid groups (broad SMARTS) is 1. The van der Waals surface area contributed by atoms with Gasteiger partial charge in [-0.1, -0.05) is 51.4 Å². The van der Waals surface area contributed by atoms with Crippen LogP contribution in [-0.2, 0) is 52.5 Å². The summed E-state index contributed by atoms with van der Waals surface area (Å²) in [7, 11) is 1.23. The molecule has 1 unspecified atom stereocenters. The summed E-state index contributed by atoms with van der Waals surface area (Å²) in [6.45, 7) is 1.67. The number of primary amides is 1. The highest BCUT2D eigenvalue weighted by Crippen LogP contribution is 2.12. The highest BCUT2D eigenvalue weighted by molar-refractivity contribution is 5.85. The Morgan fingerprint density at radius 1 is 0.583 bits per heavy atom. The number of carbonyl (C=O) groups excluding carboxylic acids is 5. The molecule has 6 N–H and O–H groups in total. The molecule has 1 atom stereocenters. The van der Waals surface area contributed by atoms with Gasteiger partial charge in [-0.05, 0) is 19.3 Å². The first-order chi connectivity index (χ1) is 23.1. The van der Waals surface area contributed by atoms with Gasteiger partial charge in [-0.25, -0.2) is 4.79 Å². The third-order valence-corrected chi connectivity index (χ3v) is 6.88. The Morgan fingerprint density at radius 3 is 1.58 bits per heavy atom. The summed E-state index contributed by atoms with van der Waals surface area (Å²) >= 11 is 0. The summed E-state index contributed by atoms with van der Waals surface area (Å²) in [6.07, 6.45) is 10.5. The quantitative estimate of drug-likeness (QED) is 0.0470. The maximum absolute atomic E-state index is 12.4. The molecule has 0 spiro atoms. The molecule has 0 aliphatic rings. The number of hydrogen-bond donors (Lipinski definition) is 5. The first-order valence-electron chi connectivity index (χ1n) is 16.9. The molecular formula is C32H58N4O12.